The van der Waals surface area contributed by atoms with Crippen molar-refractivity contribution in [1.29, 1.82) is 0 Å². The second-order valence-corrected chi connectivity index (χ2v) is 8.62. The summed E-state index contributed by atoms with van der Waals surface area (Å²) >= 11 is 12.2. The van der Waals surface area contributed by atoms with Crippen LogP contribution in [0.3, 0.4) is 0 Å². The third kappa shape index (κ3) is 5.21. The van der Waals surface area contributed by atoms with E-state index in [1.165, 1.54) is 16.8 Å². The predicted molar refractivity (Wildman–Crippen MR) is 129 cm³/mol. The van der Waals surface area contributed by atoms with Gasteiger partial charge in [-0.2, -0.15) is 0 Å². The fourth-order valence-electron chi connectivity index (χ4n) is 3.94. The molecule has 0 spiro atoms. The van der Waals surface area contributed by atoms with Gasteiger partial charge in [0.15, 0.2) is 0 Å². The van der Waals surface area contributed by atoms with Gasteiger partial charge in [-0.05, 0) is 47.4 Å². The van der Waals surface area contributed by atoms with Crippen LogP contribution in [0.25, 0.3) is 11.1 Å². The van der Waals surface area contributed by atoms with Crippen molar-refractivity contribution in [1.82, 2.24) is 4.90 Å². The van der Waals surface area contributed by atoms with E-state index in [0.29, 0.717) is 29.6 Å². The number of halogens is 2. The summed E-state index contributed by atoms with van der Waals surface area (Å²) in [5.74, 6) is -0.0382. The van der Waals surface area contributed by atoms with Crippen molar-refractivity contribution in [2.75, 3.05) is 31.1 Å². The number of hydrogen-bond acceptors (Lipinski definition) is 3. The molecule has 1 unspecified atom stereocenters. The Hall–Kier alpha value is -2.53. The van der Waals surface area contributed by atoms with E-state index in [1.54, 1.807) is 12.1 Å². The van der Waals surface area contributed by atoms with Crippen LogP contribution in [0.2, 0.25) is 10.0 Å². The van der Waals surface area contributed by atoms with Crippen LogP contribution in [0.1, 0.15) is 5.56 Å². The number of carbonyl (C=O) groups excluding carboxylic acids is 1. The van der Waals surface area contributed by atoms with Gasteiger partial charge in [-0.15, -0.1) is 0 Å². The Bertz CT molecular complexity index is 1050. The second-order valence-electron chi connectivity index (χ2n) is 7.78. The van der Waals surface area contributed by atoms with Gasteiger partial charge in [-0.1, -0.05) is 71.7 Å². The van der Waals surface area contributed by atoms with Crippen molar-refractivity contribution < 1.29 is 4.79 Å². The molecular formula is C25H25Cl2N3O. The van der Waals surface area contributed by atoms with Crippen molar-refractivity contribution in [3.8, 4) is 11.1 Å². The summed E-state index contributed by atoms with van der Waals surface area (Å²) in [5.41, 5.74) is 10.6. The second kappa shape index (κ2) is 9.73. The largest absolute Gasteiger partial charge is 0.368 e. The number of nitrogens with two attached hydrogens (primary N) is 1. The topological polar surface area (TPSA) is 49.6 Å². The molecule has 6 heteroatoms. The van der Waals surface area contributed by atoms with Crippen molar-refractivity contribution in [2.24, 2.45) is 5.73 Å². The normalized spacial score (nSPS) is 15.1. The van der Waals surface area contributed by atoms with E-state index in [4.69, 9.17) is 28.9 Å². The average molecular weight is 454 g/mol. The number of anilines is 1. The highest BCUT2D eigenvalue weighted by Crippen LogP contribution is 2.26. The molecule has 1 fully saturated rings. The molecular weight excluding hydrogens is 429 g/mol. The summed E-state index contributed by atoms with van der Waals surface area (Å²) in [7, 11) is 0. The Morgan fingerprint density at radius 2 is 1.58 bits per heavy atom. The minimum Gasteiger partial charge on any atom is -0.368 e. The molecule has 1 heterocycles. The molecule has 2 N–H and O–H groups in total. The molecule has 0 bridgehead atoms. The van der Waals surface area contributed by atoms with Gasteiger partial charge < -0.3 is 15.5 Å². The van der Waals surface area contributed by atoms with Gasteiger partial charge >= 0.3 is 0 Å². The number of carbonyl (C=O) groups is 1. The maximum absolute atomic E-state index is 12.9. The van der Waals surface area contributed by atoms with Crippen LogP contribution in [0, 0.1) is 0 Å². The molecule has 1 atom stereocenters. The van der Waals surface area contributed by atoms with Gasteiger partial charge in [0.1, 0.15) is 0 Å². The average Bonchev–Trinajstić information content (AvgIpc) is 2.81. The van der Waals surface area contributed by atoms with Gasteiger partial charge in [0.25, 0.3) is 0 Å². The van der Waals surface area contributed by atoms with Crippen molar-refractivity contribution in [3.05, 3.63) is 88.4 Å². The van der Waals surface area contributed by atoms with Crippen LogP contribution >= 0.6 is 23.2 Å². The number of benzene rings is 3. The molecule has 0 aromatic heterocycles. The first-order valence-electron chi connectivity index (χ1n) is 10.4. The van der Waals surface area contributed by atoms with Gasteiger partial charge in [0.05, 0.1) is 6.04 Å². The summed E-state index contributed by atoms with van der Waals surface area (Å²) in [5, 5.41) is 1.11. The summed E-state index contributed by atoms with van der Waals surface area (Å²) in [6, 6.07) is 23.5. The first kappa shape index (κ1) is 21.7. The minimum atomic E-state index is -0.619. The standard InChI is InChI=1S/C25H25Cl2N3O/c26-21-10-9-20(23(27)17-21)16-24(28)25(31)30-13-11-29(12-14-30)22-8-4-7-19(15-22)18-5-2-1-3-6-18/h1-10,15,17,24H,11-14,16,28H2. The number of amides is 1. The maximum atomic E-state index is 12.9. The molecule has 1 amide bonds. The molecule has 3 aromatic carbocycles. The van der Waals surface area contributed by atoms with E-state index in [0.717, 1.165) is 18.7 Å². The van der Waals surface area contributed by atoms with E-state index in [-0.39, 0.29) is 5.91 Å². The molecule has 31 heavy (non-hydrogen) atoms. The van der Waals surface area contributed by atoms with E-state index in [9.17, 15) is 4.79 Å². The highest BCUT2D eigenvalue weighted by molar-refractivity contribution is 6.35. The first-order valence-corrected chi connectivity index (χ1v) is 11.2. The van der Waals surface area contributed by atoms with Crippen molar-refractivity contribution in [2.45, 2.75) is 12.5 Å². The Kier molecular flexibility index (Phi) is 6.81. The van der Waals surface area contributed by atoms with Gasteiger partial charge in [-0.25, -0.2) is 0 Å². The predicted octanol–water partition coefficient (Wildman–Crippen LogP) is 4.88. The number of rotatable bonds is 5. The Balaban J connectivity index is 1.36. The lowest BCUT2D eigenvalue weighted by atomic mass is 10.0. The molecule has 160 valence electrons. The van der Waals surface area contributed by atoms with Crippen LogP contribution in [-0.4, -0.2) is 43.0 Å². The van der Waals surface area contributed by atoms with E-state index < -0.39 is 6.04 Å². The highest BCUT2D eigenvalue weighted by atomic mass is 35.5. The van der Waals surface area contributed by atoms with Crippen LogP contribution < -0.4 is 10.6 Å². The molecule has 1 saturated heterocycles. The van der Waals surface area contributed by atoms with Crippen LogP contribution in [0.15, 0.2) is 72.8 Å². The zero-order valence-corrected chi connectivity index (χ0v) is 18.7. The summed E-state index contributed by atoms with van der Waals surface area (Å²) in [6.07, 6.45) is 0.397. The molecule has 1 aliphatic rings. The summed E-state index contributed by atoms with van der Waals surface area (Å²) < 4.78 is 0. The zero-order chi connectivity index (χ0) is 21.8. The lowest BCUT2D eigenvalue weighted by Crippen LogP contribution is -2.53. The van der Waals surface area contributed by atoms with E-state index >= 15 is 0 Å². The van der Waals surface area contributed by atoms with Gasteiger partial charge in [-0.3, -0.25) is 4.79 Å². The number of hydrogen-bond donors (Lipinski definition) is 1. The Labute approximate surface area is 193 Å². The molecule has 0 aliphatic carbocycles. The van der Waals surface area contributed by atoms with Crippen molar-refractivity contribution in [3.63, 3.8) is 0 Å². The number of nitrogens with zero attached hydrogens (tertiary/aromatic N) is 2. The molecule has 4 nitrogen and oxygen atoms in total. The fraction of sp³-hybridized carbons (Fsp3) is 0.240. The third-order valence-corrected chi connectivity index (χ3v) is 6.27. The van der Waals surface area contributed by atoms with Gasteiger partial charge in [0, 0.05) is 41.9 Å². The fourth-order valence-corrected chi connectivity index (χ4v) is 4.43. The molecule has 4 rings (SSSR count). The molecule has 3 aromatic rings. The van der Waals surface area contributed by atoms with Crippen molar-refractivity contribution >= 4 is 34.8 Å². The highest BCUT2D eigenvalue weighted by Gasteiger charge is 2.26. The quantitative estimate of drug-likeness (QED) is 0.598. The smallest absolute Gasteiger partial charge is 0.239 e. The van der Waals surface area contributed by atoms with Crippen LogP contribution in [0.5, 0.6) is 0 Å². The third-order valence-electron chi connectivity index (χ3n) is 5.68. The molecule has 0 radical (unpaired) electrons. The lowest BCUT2D eigenvalue weighted by molar-refractivity contribution is -0.132. The number of piperazine rings is 1. The molecule has 1 aliphatic heterocycles. The van der Waals surface area contributed by atoms with E-state index in [2.05, 4.69) is 41.3 Å². The summed E-state index contributed by atoms with van der Waals surface area (Å²) in [4.78, 5) is 17.0. The summed E-state index contributed by atoms with van der Waals surface area (Å²) in [6.45, 7) is 2.85. The lowest BCUT2D eigenvalue weighted by Gasteiger charge is -2.37. The maximum Gasteiger partial charge on any atom is 0.239 e. The van der Waals surface area contributed by atoms with Gasteiger partial charge in [0.2, 0.25) is 5.91 Å². The SMILES string of the molecule is NC(Cc1ccc(Cl)cc1Cl)C(=O)N1CCN(c2cccc(-c3ccccc3)c2)CC1. The van der Waals surface area contributed by atoms with Crippen LogP contribution in [-0.2, 0) is 11.2 Å². The Morgan fingerprint density at radius 3 is 2.29 bits per heavy atom. The van der Waals surface area contributed by atoms with Crippen LogP contribution in [0.4, 0.5) is 5.69 Å². The minimum absolute atomic E-state index is 0.0382. The molecule has 0 saturated carbocycles. The van der Waals surface area contributed by atoms with E-state index in [1.807, 2.05) is 29.2 Å². The zero-order valence-electron chi connectivity index (χ0n) is 17.2. The Morgan fingerprint density at radius 1 is 0.871 bits per heavy atom. The monoisotopic (exact) mass is 453 g/mol. The first-order chi connectivity index (χ1) is 15.0.